The number of aryl methyl sites for hydroxylation is 3. The molecule has 0 saturated heterocycles. The summed E-state index contributed by atoms with van der Waals surface area (Å²) in [7, 11) is 0. The van der Waals surface area contributed by atoms with Crippen molar-refractivity contribution in [2.75, 3.05) is 5.73 Å². The number of hydrogen-bond acceptors (Lipinski definition) is 3. The first-order chi connectivity index (χ1) is 7.58. The van der Waals surface area contributed by atoms with E-state index in [1.165, 1.54) is 28.6 Å². The van der Waals surface area contributed by atoms with Crippen molar-refractivity contribution in [3.63, 3.8) is 0 Å². The van der Waals surface area contributed by atoms with Gasteiger partial charge in [-0.25, -0.2) is 9.67 Å². The first-order valence-corrected chi connectivity index (χ1v) is 5.28. The maximum atomic E-state index is 5.71. The number of rotatable bonds is 2. The molecule has 0 atom stereocenters. The molecule has 1 aromatic heterocycles. The van der Waals surface area contributed by atoms with E-state index in [2.05, 4.69) is 43.0 Å². The number of nitrogens with zero attached hydrogens (tertiary/aromatic N) is 3. The average Bonchev–Trinajstić information content (AvgIpc) is 2.57. The first kappa shape index (κ1) is 10.7. The maximum absolute atomic E-state index is 5.71. The second-order valence-corrected chi connectivity index (χ2v) is 4.15. The highest BCUT2D eigenvalue weighted by molar-refractivity contribution is 5.38. The molecular weight excluding hydrogens is 200 g/mol. The minimum absolute atomic E-state index is 0.458. The molecule has 0 bridgehead atoms. The molecule has 0 fully saturated rings. The Morgan fingerprint density at radius 3 is 2.31 bits per heavy atom. The van der Waals surface area contributed by atoms with Crippen LogP contribution in [0.2, 0.25) is 0 Å². The summed E-state index contributed by atoms with van der Waals surface area (Å²) >= 11 is 0. The van der Waals surface area contributed by atoms with Crippen LogP contribution in [0.4, 0.5) is 5.95 Å². The van der Waals surface area contributed by atoms with Crippen LogP contribution in [0.25, 0.3) is 0 Å². The van der Waals surface area contributed by atoms with Crippen LogP contribution in [0.15, 0.2) is 18.5 Å². The number of nitrogens with two attached hydrogens (primary N) is 1. The van der Waals surface area contributed by atoms with Crippen LogP contribution in [0.1, 0.15) is 22.3 Å². The fourth-order valence-electron chi connectivity index (χ4n) is 2.00. The van der Waals surface area contributed by atoms with Gasteiger partial charge in [0.1, 0.15) is 6.33 Å². The molecule has 0 saturated carbocycles. The minimum Gasteiger partial charge on any atom is -0.368 e. The van der Waals surface area contributed by atoms with Crippen LogP contribution in [-0.2, 0) is 6.54 Å². The Kier molecular flexibility index (Phi) is 2.64. The Labute approximate surface area is 95.1 Å². The smallest absolute Gasteiger partial charge is 0.218 e. The third-order valence-corrected chi connectivity index (χ3v) is 2.79. The van der Waals surface area contributed by atoms with Crippen molar-refractivity contribution in [1.29, 1.82) is 0 Å². The van der Waals surface area contributed by atoms with Gasteiger partial charge in [-0.2, -0.15) is 5.10 Å². The molecule has 0 unspecified atom stereocenters. The standard InChI is InChI=1S/C12H16N4/c1-8-4-9(2)11(10(3)5-8)6-16-12(13)14-7-15-16/h4-5,7H,6H2,1-3H3,(H2,13,14,15). The van der Waals surface area contributed by atoms with E-state index in [-0.39, 0.29) is 0 Å². The lowest BCUT2D eigenvalue weighted by Gasteiger charge is -2.11. The molecule has 16 heavy (non-hydrogen) atoms. The van der Waals surface area contributed by atoms with E-state index < -0.39 is 0 Å². The van der Waals surface area contributed by atoms with Crippen molar-refractivity contribution in [2.24, 2.45) is 0 Å². The average molecular weight is 216 g/mol. The number of nitrogen functional groups attached to an aromatic ring is 1. The molecule has 0 aliphatic rings. The Balaban J connectivity index is 2.39. The molecule has 2 rings (SSSR count). The monoisotopic (exact) mass is 216 g/mol. The Bertz CT molecular complexity index is 490. The van der Waals surface area contributed by atoms with Gasteiger partial charge in [0.15, 0.2) is 0 Å². The molecule has 2 aromatic rings. The summed E-state index contributed by atoms with van der Waals surface area (Å²) in [6.45, 7) is 7.02. The van der Waals surface area contributed by atoms with Crippen molar-refractivity contribution in [2.45, 2.75) is 27.3 Å². The van der Waals surface area contributed by atoms with Crippen molar-refractivity contribution < 1.29 is 0 Å². The summed E-state index contributed by atoms with van der Waals surface area (Å²) in [5, 5.41) is 4.10. The van der Waals surface area contributed by atoms with E-state index in [1.54, 1.807) is 4.68 Å². The predicted octanol–water partition coefficient (Wildman–Crippen LogP) is 1.83. The van der Waals surface area contributed by atoms with E-state index in [0.717, 1.165) is 0 Å². The van der Waals surface area contributed by atoms with Crippen LogP contribution >= 0.6 is 0 Å². The van der Waals surface area contributed by atoms with E-state index in [0.29, 0.717) is 12.5 Å². The van der Waals surface area contributed by atoms with Gasteiger partial charge in [-0.3, -0.25) is 0 Å². The highest BCUT2D eigenvalue weighted by Crippen LogP contribution is 2.17. The van der Waals surface area contributed by atoms with Gasteiger partial charge in [0.2, 0.25) is 5.95 Å². The number of anilines is 1. The van der Waals surface area contributed by atoms with E-state index in [1.807, 2.05) is 0 Å². The minimum atomic E-state index is 0.458. The van der Waals surface area contributed by atoms with Gasteiger partial charge >= 0.3 is 0 Å². The lowest BCUT2D eigenvalue weighted by molar-refractivity contribution is 0.690. The van der Waals surface area contributed by atoms with Crippen molar-refractivity contribution in [3.05, 3.63) is 40.7 Å². The quantitative estimate of drug-likeness (QED) is 0.833. The second-order valence-electron chi connectivity index (χ2n) is 4.15. The molecule has 0 radical (unpaired) electrons. The van der Waals surface area contributed by atoms with Crippen LogP contribution in [0, 0.1) is 20.8 Å². The van der Waals surface area contributed by atoms with Crippen molar-refractivity contribution in [3.8, 4) is 0 Å². The normalized spacial score (nSPS) is 10.7. The van der Waals surface area contributed by atoms with E-state index in [4.69, 9.17) is 5.73 Å². The zero-order valence-electron chi connectivity index (χ0n) is 9.86. The van der Waals surface area contributed by atoms with Gasteiger partial charge in [0.25, 0.3) is 0 Å². The fourth-order valence-corrected chi connectivity index (χ4v) is 2.00. The fraction of sp³-hybridized carbons (Fsp3) is 0.333. The second kappa shape index (κ2) is 3.96. The Morgan fingerprint density at radius 2 is 1.81 bits per heavy atom. The highest BCUT2D eigenvalue weighted by Gasteiger charge is 2.07. The molecule has 0 spiro atoms. The van der Waals surface area contributed by atoms with Crippen LogP contribution in [-0.4, -0.2) is 14.8 Å². The van der Waals surface area contributed by atoms with Gasteiger partial charge < -0.3 is 5.73 Å². The molecule has 0 aliphatic heterocycles. The number of benzene rings is 1. The highest BCUT2D eigenvalue weighted by atomic mass is 15.4. The van der Waals surface area contributed by atoms with Crippen LogP contribution < -0.4 is 5.73 Å². The molecule has 4 heteroatoms. The number of aromatic nitrogens is 3. The lowest BCUT2D eigenvalue weighted by atomic mass is 10.00. The van der Waals surface area contributed by atoms with Gasteiger partial charge in [0.05, 0.1) is 6.54 Å². The molecule has 84 valence electrons. The molecule has 2 N–H and O–H groups in total. The zero-order chi connectivity index (χ0) is 11.7. The maximum Gasteiger partial charge on any atom is 0.218 e. The van der Waals surface area contributed by atoms with Gasteiger partial charge in [-0.15, -0.1) is 0 Å². The molecule has 1 heterocycles. The molecule has 1 aromatic carbocycles. The van der Waals surface area contributed by atoms with Crippen LogP contribution in [0.5, 0.6) is 0 Å². The van der Waals surface area contributed by atoms with Gasteiger partial charge in [0, 0.05) is 0 Å². The summed E-state index contributed by atoms with van der Waals surface area (Å²) < 4.78 is 1.71. The zero-order valence-corrected chi connectivity index (χ0v) is 9.86. The predicted molar refractivity (Wildman–Crippen MR) is 64.2 cm³/mol. The third kappa shape index (κ3) is 1.91. The molecular formula is C12H16N4. The van der Waals surface area contributed by atoms with Gasteiger partial charge in [-0.05, 0) is 37.5 Å². The first-order valence-electron chi connectivity index (χ1n) is 5.28. The van der Waals surface area contributed by atoms with Gasteiger partial charge in [-0.1, -0.05) is 17.7 Å². The van der Waals surface area contributed by atoms with Crippen molar-refractivity contribution in [1.82, 2.24) is 14.8 Å². The Hall–Kier alpha value is -1.84. The topological polar surface area (TPSA) is 56.7 Å². The summed E-state index contributed by atoms with van der Waals surface area (Å²) in [5.74, 6) is 0.458. The molecule has 0 amide bonds. The Morgan fingerprint density at radius 1 is 1.19 bits per heavy atom. The molecule has 0 aliphatic carbocycles. The summed E-state index contributed by atoms with van der Waals surface area (Å²) in [5.41, 5.74) is 10.8. The van der Waals surface area contributed by atoms with Crippen LogP contribution in [0.3, 0.4) is 0 Å². The molecule has 4 nitrogen and oxygen atoms in total. The SMILES string of the molecule is Cc1cc(C)c(Cn2ncnc2N)c(C)c1. The summed E-state index contributed by atoms with van der Waals surface area (Å²) in [6.07, 6.45) is 1.48. The van der Waals surface area contributed by atoms with E-state index >= 15 is 0 Å². The summed E-state index contributed by atoms with van der Waals surface area (Å²) in [6, 6.07) is 4.35. The number of hydrogen-bond donors (Lipinski definition) is 1. The third-order valence-electron chi connectivity index (χ3n) is 2.79. The lowest BCUT2D eigenvalue weighted by Crippen LogP contribution is -2.09. The largest absolute Gasteiger partial charge is 0.368 e. The van der Waals surface area contributed by atoms with E-state index in [9.17, 15) is 0 Å². The van der Waals surface area contributed by atoms with Crippen molar-refractivity contribution >= 4 is 5.95 Å². The summed E-state index contributed by atoms with van der Waals surface area (Å²) in [4.78, 5) is 3.92.